The number of para-hydroxylation sites is 1. The third kappa shape index (κ3) is 3.60. The summed E-state index contributed by atoms with van der Waals surface area (Å²) in [6.45, 7) is 1.11. The molecular weight excluding hydrogens is 332 g/mol. The number of nitrogens with two attached hydrogens (primary N) is 1. The van der Waals surface area contributed by atoms with E-state index < -0.39 is 5.91 Å². The summed E-state index contributed by atoms with van der Waals surface area (Å²) < 4.78 is 10.7. The largest absolute Gasteiger partial charge is 0.463 e. The third-order valence-electron chi connectivity index (χ3n) is 4.11. The summed E-state index contributed by atoms with van der Waals surface area (Å²) in [7, 11) is 1.63. The van der Waals surface area contributed by atoms with Gasteiger partial charge in [0.25, 0.3) is 5.91 Å². The van der Waals surface area contributed by atoms with E-state index >= 15 is 0 Å². The van der Waals surface area contributed by atoms with Gasteiger partial charge in [0.15, 0.2) is 0 Å². The Morgan fingerprint density at radius 2 is 2.00 bits per heavy atom. The molecule has 0 saturated carbocycles. The molecule has 0 aliphatic carbocycles. The number of amides is 2. The second-order valence-electron chi connectivity index (χ2n) is 5.88. The van der Waals surface area contributed by atoms with Crippen LogP contribution in [0.2, 0.25) is 0 Å². The smallest absolute Gasteiger partial charge is 0.255 e. The van der Waals surface area contributed by atoms with Crippen LogP contribution in [0.4, 0.5) is 0 Å². The van der Waals surface area contributed by atoms with Crippen molar-refractivity contribution < 1.29 is 18.7 Å². The number of furan rings is 1. The first kappa shape index (κ1) is 17.7. The van der Waals surface area contributed by atoms with Crippen LogP contribution in [-0.2, 0) is 4.74 Å². The molecule has 0 radical (unpaired) electrons. The molecule has 0 saturated heterocycles. The minimum absolute atomic E-state index is 0.196. The lowest BCUT2D eigenvalue weighted by molar-refractivity contribution is 0.0948. The zero-order valence-electron chi connectivity index (χ0n) is 14.5. The van der Waals surface area contributed by atoms with Crippen LogP contribution >= 0.6 is 0 Å². The van der Waals surface area contributed by atoms with E-state index in [0.717, 1.165) is 22.9 Å². The molecule has 1 aromatic heterocycles. The first-order valence-electron chi connectivity index (χ1n) is 8.29. The number of hydrogen-bond donors (Lipinski definition) is 2. The summed E-state index contributed by atoms with van der Waals surface area (Å²) in [6, 6.07) is 12.4. The normalized spacial score (nSPS) is 10.8. The van der Waals surface area contributed by atoms with Crippen molar-refractivity contribution in [3.05, 3.63) is 59.9 Å². The van der Waals surface area contributed by atoms with Crippen molar-refractivity contribution in [2.24, 2.45) is 5.73 Å². The van der Waals surface area contributed by atoms with Crippen LogP contribution in [0.3, 0.4) is 0 Å². The van der Waals surface area contributed by atoms with Gasteiger partial charge in [0.2, 0.25) is 5.91 Å². The number of carbonyl (C=O) groups is 2. The lowest BCUT2D eigenvalue weighted by Crippen LogP contribution is -2.25. The van der Waals surface area contributed by atoms with Gasteiger partial charge in [0.1, 0.15) is 5.58 Å². The van der Waals surface area contributed by atoms with Gasteiger partial charge in [-0.25, -0.2) is 0 Å². The number of benzene rings is 2. The van der Waals surface area contributed by atoms with Crippen molar-refractivity contribution >= 4 is 22.8 Å². The Labute approximate surface area is 150 Å². The zero-order chi connectivity index (χ0) is 18.5. The molecular formula is C20H20N2O4. The molecule has 0 fully saturated rings. The Hall–Kier alpha value is -3.12. The van der Waals surface area contributed by atoms with Gasteiger partial charge < -0.3 is 20.2 Å². The Bertz CT molecular complexity index is 946. The van der Waals surface area contributed by atoms with E-state index in [-0.39, 0.29) is 5.91 Å². The molecule has 3 aromatic rings. The van der Waals surface area contributed by atoms with Crippen LogP contribution in [0.25, 0.3) is 22.1 Å². The van der Waals surface area contributed by atoms with E-state index in [2.05, 4.69) is 5.32 Å². The summed E-state index contributed by atoms with van der Waals surface area (Å²) in [5, 5.41) is 3.66. The number of rotatable bonds is 7. The number of hydrogen-bond acceptors (Lipinski definition) is 4. The highest BCUT2D eigenvalue weighted by molar-refractivity contribution is 6.08. The lowest BCUT2D eigenvalue weighted by Gasteiger charge is -2.06. The average molecular weight is 352 g/mol. The standard InChI is InChI=1S/C20H20N2O4/c1-25-10-4-9-22-20(24)16-8-3-7-15-17(12-26-18(15)16)13-5-2-6-14(11-13)19(21)23/h2-3,5-8,11-12H,4,9-10H2,1H3,(H2,21,23)(H,22,24). The molecule has 1 heterocycles. The van der Waals surface area contributed by atoms with E-state index in [1.54, 1.807) is 37.6 Å². The Morgan fingerprint density at radius 1 is 1.19 bits per heavy atom. The minimum atomic E-state index is -0.490. The average Bonchev–Trinajstić information content (AvgIpc) is 3.09. The van der Waals surface area contributed by atoms with E-state index in [1.807, 2.05) is 18.2 Å². The van der Waals surface area contributed by atoms with Crippen LogP contribution < -0.4 is 11.1 Å². The molecule has 0 spiro atoms. The Kier molecular flexibility index (Phi) is 5.34. The molecule has 26 heavy (non-hydrogen) atoms. The van der Waals surface area contributed by atoms with E-state index in [4.69, 9.17) is 14.9 Å². The second kappa shape index (κ2) is 7.84. The summed E-state index contributed by atoms with van der Waals surface area (Å²) in [5.74, 6) is -0.686. The molecule has 2 aromatic carbocycles. The summed E-state index contributed by atoms with van der Waals surface area (Å²) in [5.41, 5.74) is 8.36. The maximum absolute atomic E-state index is 12.4. The predicted octanol–water partition coefficient (Wildman–Crippen LogP) is 2.97. The third-order valence-corrected chi connectivity index (χ3v) is 4.11. The maximum atomic E-state index is 12.4. The van der Waals surface area contributed by atoms with E-state index in [0.29, 0.717) is 29.9 Å². The van der Waals surface area contributed by atoms with Gasteiger partial charge in [-0.2, -0.15) is 0 Å². The molecule has 0 unspecified atom stereocenters. The molecule has 3 rings (SSSR count). The molecule has 0 aliphatic rings. The number of fused-ring (bicyclic) bond motifs is 1. The molecule has 134 valence electrons. The van der Waals surface area contributed by atoms with Crippen LogP contribution in [0.1, 0.15) is 27.1 Å². The minimum Gasteiger partial charge on any atom is -0.463 e. The summed E-state index contributed by atoms with van der Waals surface area (Å²) >= 11 is 0. The molecule has 0 bridgehead atoms. The van der Waals surface area contributed by atoms with Crippen molar-refractivity contribution in [1.29, 1.82) is 0 Å². The summed E-state index contributed by atoms with van der Waals surface area (Å²) in [4.78, 5) is 23.9. The predicted molar refractivity (Wildman–Crippen MR) is 99.0 cm³/mol. The highest BCUT2D eigenvalue weighted by atomic mass is 16.5. The van der Waals surface area contributed by atoms with Crippen LogP contribution in [0.15, 0.2) is 53.1 Å². The molecule has 0 atom stereocenters. The fourth-order valence-electron chi connectivity index (χ4n) is 2.81. The quantitative estimate of drug-likeness (QED) is 0.639. The number of nitrogens with one attached hydrogen (secondary N) is 1. The van der Waals surface area contributed by atoms with Crippen molar-refractivity contribution in [3.63, 3.8) is 0 Å². The van der Waals surface area contributed by atoms with Crippen molar-refractivity contribution in [1.82, 2.24) is 5.32 Å². The second-order valence-corrected chi connectivity index (χ2v) is 5.88. The first-order valence-corrected chi connectivity index (χ1v) is 8.29. The molecule has 6 nitrogen and oxygen atoms in total. The SMILES string of the molecule is COCCCNC(=O)c1cccc2c(-c3cccc(C(N)=O)c3)coc12. The van der Waals surface area contributed by atoms with Gasteiger partial charge in [0, 0.05) is 36.8 Å². The molecule has 0 aliphatic heterocycles. The van der Waals surface area contributed by atoms with Gasteiger partial charge in [0.05, 0.1) is 11.8 Å². The highest BCUT2D eigenvalue weighted by Gasteiger charge is 2.16. The summed E-state index contributed by atoms with van der Waals surface area (Å²) in [6.07, 6.45) is 2.33. The maximum Gasteiger partial charge on any atom is 0.255 e. The fraction of sp³-hybridized carbons (Fsp3) is 0.200. The molecule has 2 amide bonds. The van der Waals surface area contributed by atoms with Gasteiger partial charge in [-0.15, -0.1) is 0 Å². The van der Waals surface area contributed by atoms with E-state index in [1.165, 1.54) is 0 Å². The van der Waals surface area contributed by atoms with E-state index in [9.17, 15) is 9.59 Å². The topological polar surface area (TPSA) is 94.6 Å². The number of carbonyl (C=O) groups excluding carboxylic acids is 2. The fourth-order valence-corrected chi connectivity index (χ4v) is 2.81. The molecule has 6 heteroatoms. The highest BCUT2D eigenvalue weighted by Crippen LogP contribution is 2.32. The zero-order valence-corrected chi connectivity index (χ0v) is 14.5. The Morgan fingerprint density at radius 3 is 2.77 bits per heavy atom. The van der Waals surface area contributed by atoms with Crippen molar-refractivity contribution in [2.75, 3.05) is 20.3 Å². The van der Waals surface area contributed by atoms with Crippen molar-refractivity contribution in [3.8, 4) is 11.1 Å². The van der Waals surface area contributed by atoms with Gasteiger partial charge in [-0.1, -0.05) is 24.3 Å². The van der Waals surface area contributed by atoms with Crippen LogP contribution in [0, 0.1) is 0 Å². The van der Waals surface area contributed by atoms with Crippen molar-refractivity contribution in [2.45, 2.75) is 6.42 Å². The number of methoxy groups -OCH3 is 1. The van der Waals surface area contributed by atoms with Crippen LogP contribution in [-0.4, -0.2) is 32.1 Å². The Balaban J connectivity index is 1.93. The first-order chi connectivity index (χ1) is 12.6. The molecule has 3 N–H and O–H groups in total. The van der Waals surface area contributed by atoms with Crippen LogP contribution in [0.5, 0.6) is 0 Å². The van der Waals surface area contributed by atoms with Gasteiger partial charge in [-0.3, -0.25) is 9.59 Å². The lowest BCUT2D eigenvalue weighted by atomic mass is 10.0. The number of primary amides is 1. The van der Waals surface area contributed by atoms with Gasteiger partial charge in [-0.05, 0) is 30.2 Å². The monoisotopic (exact) mass is 352 g/mol. The number of ether oxygens (including phenoxy) is 1. The van der Waals surface area contributed by atoms with Gasteiger partial charge >= 0.3 is 0 Å².